The van der Waals surface area contributed by atoms with Crippen molar-refractivity contribution < 1.29 is 4.42 Å². The summed E-state index contributed by atoms with van der Waals surface area (Å²) in [6.07, 6.45) is 6.47. The van der Waals surface area contributed by atoms with E-state index in [2.05, 4.69) is 51.5 Å². The van der Waals surface area contributed by atoms with E-state index >= 15 is 0 Å². The van der Waals surface area contributed by atoms with Gasteiger partial charge in [0, 0.05) is 30.1 Å². The number of rotatable bonds is 5. The predicted molar refractivity (Wildman–Crippen MR) is 124 cm³/mol. The fraction of sp³-hybridized carbons (Fsp3) is 0.625. The number of nitrogens with one attached hydrogen (secondary N) is 2. The van der Waals surface area contributed by atoms with Crippen LogP contribution >= 0.6 is 0 Å². The third-order valence-electron chi connectivity index (χ3n) is 7.11. The van der Waals surface area contributed by atoms with Gasteiger partial charge in [-0.15, -0.1) is 0 Å². The lowest BCUT2D eigenvalue weighted by molar-refractivity contribution is 0.0173. The molecule has 0 bridgehead atoms. The van der Waals surface area contributed by atoms with Crippen molar-refractivity contribution in [2.24, 2.45) is 4.99 Å². The molecule has 2 fully saturated rings. The fourth-order valence-electron chi connectivity index (χ4n) is 5.03. The maximum atomic E-state index is 6.06. The van der Waals surface area contributed by atoms with E-state index in [9.17, 15) is 0 Å². The highest BCUT2D eigenvalue weighted by Gasteiger charge is 2.39. The molecule has 6 nitrogen and oxygen atoms in total. The molecule has 2 saturated heterocycles. The lowest BCUT2D eigenvalue weighted by Gasteiger charge is -2.50. The zero-order valence-corrected chi connectivity index (χ0v) is 18.8. The van der Waals surface area contributed by atoms with E-state index in [-0.39, 0.29) is 5.54 Å². The molecular weight excluding hydrogens is 374 g/mol. The van der Waals surface area contributed by atoms with Crippen molar-refractivity contribution in [3.05, 3.63) is 35.6 Å². The zero-order chi connectivity index (χ0) is 21.0. The lowest BCUT2D eigenvalue weighted by atomic mass is 9.84. The van der Waals surface area contributed by atoms with Crippen LogP contribution in [0.4, 0.5) is 0 Å². The number of furan rings is 1. The summed E-state index contributed by atoms with van der Waals surface area (Å²) in [4.78, 5) is 9.70. The number of piperidine rings is 2. The van der Waals surface area contributed by atoms with Gasteiger partial charge in [-0.2, -0.15) is 0 Å². The summed E-state index contributed by atoms with van der Waals surface area (Å²) in [5.41, 5.74) is 2.39. The van der Waals surface area contributed by atoms with Gasteiger partial charge in [0.15, 0.2) is 5.96 Å². The Balaban J connectivity index is 1.40. The first-order valence-corrected chi connectivity index (χ1v) is 11.5. The van der Waals surface area contributed by atoms with Crippen molar-refractivity contribution >= 4 is 16.9 Å². The summed E-state index contributed by atoms with van der Waals surface area (Å²) in [7, 11) is 4.09. The molecule has 2 aliphatic rings. The summed E-state index contributed by atoms with van der Waals surface area (Å²) in [6, 6.07) is 8.23. The first kappa shape index (κ1) is 21.2. The Bertz CT molecular complexity index is 860. The Morgan fingerprint density at radius 1 is 1.07 bits per heavy atom. The molecule has 0 amide bonds. The highest BCUT2D eigenvalue weighted by Crippen LogP contribution is 2.31. The van der Waals surface area contributed by atoms with Crippen LogP contribution in [0.3, 0.4) is 0 Å². The van der Waals surface area contributed by atoms with Crippen molar-refractivity contribution in [3.63, 3.8) is 0 Å². The summed E-state index contributed by atoms with van der Waals surface area (Å²) in [6.45, 7) is 8.51. The molecule has 2 N–H and O–H groups in total. The van der Waals surface area contributed by atoms with Gasteiger partial charge in [0.25, 0.3) is 0 Å². The second kappa shape index (κ2) is 9.40. The molecule has 1 aromatic heterocycles. The Hall–Kier alpha value is -2.05. The Kier molecular flexibility index (Phi) is 6.64. The monoisotopic (exact) mass is 411 g/mol. The molecule has 30 heavy (non-hydrogen) atoms. The molecule has 0 spiro atoms. The van der Waals surface area contributed by atoms with Gasteiger partial charge in [0.2, 0.25) is 0 Å². The van der Waals surface area contributed by atoms with Crippen LogP contribution in [0.5, 0.6) is 0 Å². The van der Waals surface area contributed by atoms with Crippen molar-refractivity contribution in [3.8, 4) is 0 Å². The van der Waals surface area contributed by atoms with Crippen LogP contribution < -0.4 is 10.6 Å². The number of aryl methyl sites for hydroxylation is 1. The molecule has 0 unspecified atom stereocenters. The molecular formula is C24H37N5O. The molecule has 0 saturated carbocycles. The van der Waals surface area contributed by atoms with Crippen LogP contribution in [0.1, 0.15) is 43.4 Å². The molecule has 2 aromatic rings. The quantitative estimate of drug-likeness (QED) is 0.584. The van der Waals surface area contributed by atoms with Crippen molar-refractivity contribution in [2.45, 2.75) is 51.1 Å². The van der Waals surface area contributed by atoms with E-state index in [1.807, 2.05) is 19.2 Å². The van der Waals surface area contributed by atoms with E-state index < -0.39 is 0 Å². The SMILES string of the molecule is CN=C(NCc1oc2ccccc2c1C)NCC1(N2CCCCC2)CCN(C)CC1. The first-order chi connectivity index (χ1) is 14.6. The molecule has 4 rings (SSSR count). The Morgan fingerprint density at radius 2 is 1.80 bits per heavy atom. The molecule has 1 aromatic carbocycles. The van der Waals surface area contributed by atoms with Gasteiger partial charge < -0.3 is 20.0 Å². The molecule has 0 aliphatic carbocycles. The molecule has 2 aliphatic heterocycles. The highest BCUT2D eigenvalue weighted by atomic mass is 16.3. The topological polar surface area (TPSA) is 56.0 Å². The molecule has 3 heterocycles. The van der Waals surface area contributed by atoms with E-state index in [0.717, 1.165) is 23.8 Å². The summed E-state index contributed by atoms with van der Waals surface area (Å²) < 4.78 is 6.06. The van der Waals surface area contributed by atoms with Gasteiger partial charge in [-0.25, -0.2) is 0 Å². The average Bonchev–Trinajstić information content (AvgIpc) is 3.11. The molecule has 0 radical (unpaired) electrons. The second-order valence-electron chi connectivity index (χ2n) is 9.00. The van der Waals surface area contributed by atoms with Gasteiger partial charge in [-0.1, -0.05) is 24.6 Å². The van der Waals surface area contributed by atoms with Crippen molar-refractivity contribution in [1.29, 1.82) is 0 Å². The average molecular weight is 412 g/mol. The number of benzene rings is 1. The van der Waals surface area contributed by atoms with E-state index in [0.29, 0.717) is 6.54 Å². The van der Waals surface area contributed by atoms with Crippen LogP contribution in [-0.4, -0.2) is 68.1 Å². The maximum absolute atomic E-state index is 6.06. The predicted octanol–water partition coefficient (Wildman–Crippen LogP) is 3.36. The lowest BCUT2D eigenvalue weighted by Crippen LogP contribution is -2.62. The summed E-state index contributed by atoms with van der Waals surface area (Å²) in [5.74, 6) is 1.83. The van der Waals surface area contributed by atoms with Crippen molar-refractivity contribution in [2.75, 3.05) is 46.8 Å². The van der Waals surface area contributed by atoms with Crippen LogP contribution in [-0.2, 0) is 6.54 Å². The molecule has 0 atom stereocenters. The number of hydrogen-bond acceptors (Lipinski definition) is 4. The van der Waals surface area contributed by atoms with Crippen molar-refractivity contribution in [1.82, 2.24) is 20.4 Å². The maximum Gasteiger partial charge on any atom is 0.191 e. The van der Waals surface area contributed by atoms with Crippen LogP contribution in [0.25, 0.3) is 11.0 Å². The van der Waals surface area contributed by atoms with Gasteiger partial charge >= 0.3 is 0 Å². The van der Waals surface area contributed by atoms with E-state index in [1.54, 1.807) is 0 Å². The minimum atomic E-state index is 0.236. The minimum Gasteiger partial charge on any atom is -0.459 e. The minimum absolute atomic E-state index is 0.236. The summed E-state index contributed by atoms with van der Waals surface area (Å²) >= 11 is 0. The highest BCUT2D eigenvalue weighted by molar-refractivity contribution is 5.83. The summed E-state index contributed by atoms with van der Waals surface area (Å²) in [5, 5.41) is 8.31. The van der Waals surface area contributed by atoms with Crippen LogP contribution in [0.15, 0.2) is 33.7 Å². The zero-order valence-electron chi connectivity index (χ0n) is 18.8. The number of aliphatic imine (C=N–C) groups is 1. The van der Waals surface area contributed by atoms with Gasteiger partial charge in [0.1, 0.15) is 11.3 Å². The first-order valence-electron chi connectivity index (χ1n) is 11.5. The second-order valence-corrected chi connectivity index (χ2v) is 9.00. The van der Waals surface area contributed by atoms with Gasteiger partial charge in [-0.3, -0.25) is 9.89 Å². The smallest absolute Gasteiger partial charge is 0.191 e. The standard InChI is InChI=1S/C24H37N5O/c1-19-20-9-5-6-10-21(20)30-22(19)17-26-23(25-2)27-18-24(11-15-28(3)16-12-24)29-13-7-4-8-14-29/h5-6,9-10H,4,7-8,11-18H2,1-3H3,(H2,25,26,27). The Labute approximate surface area is 180 Å². The van der Waals surface area contributed by atoms with Gasteiger partial charge in [0.05, 0.1) is 6.54 Å². The third kappa shape index (κ3) is 4.49. The van der Waals surface area contributed by atoms with Crippen LogP contribution in [0, 0.1) is 6.92 Å². The van der Waals surface area contributed by atoms with E-state index in [1.165, 1.54) is 69.2 Å². The third-order valence-corrected chi connectivity index (χ3v) is 7.11. The number of guanidine groups is 1. The molecule has 6 heteroatoms. The number of nitrogens with zero attached hydrogens (tertiary/aromatic N) is 3. The number of fused-ring (bicyclic) bond motifs is 1. The normalized spacial score (nSPS) is 21.1. The van der Waals surface area contributed by atoms with Crippen LogP contribution in [0.2, 0.25) is 0 Å². The fourth-order valence-corrected chi connectivity index (χ4v) is 5.03. The largest absolute Gasteiger partial charge is 0.459 e. The molecule has 164 valence electrons. The van der Waals surface area contributed by atoms with E-state index in [4.69, 9.17) is 4.42 Å². The van der Waals surface area contributed by atoms with Gasteiger partial charge in [-0.05, 0) is 71.9 Å². The number of likely N-dealkylation sites (tertiary alicyclic amines) is 2. The number of para-hydroxylation sites is 1. The number of hydrogen-bond donors (Lipinski definition) is 2. The Morgan fingerprint density at radius 3 is 2.50 bits per heavy atom.